The van der Waals surface area contributed by atoms with Crippen LogP contribution in [-0.2, 0) is 0 Å². The summed E-state index contributed by atoms with van der Waals surface area (Å²) in [6, 6.07) is 2.00. The van der Waals surface area contributed by atoms with Gasteiger partial charge in [0.05, 0.1) is 18.1 Å². The first kappa shape index (κ1) is 29.1. The fourth-order valence-corrected chi connectivity index (χ4v) is 2.46. The molecule has 0 saturated carbocycles. The molecule has 0 aliphatic heterocycles. The molecule has 0 aliphatic carbocycles. The maximum atomic E-state index is 3.96. The van der Waals surface area contributed by atoms with Crippen LogP contribution in [0, 0.1) is 69.2 Å². The van der Waals surface area contributed by atoms with E-state index in [0.29, 0.717) is 0 Å². The van der Waals surface area contributed by atoms with Crippen molar-refractivity contribution < 1.29 is 0 Å². The van der Waals surface area contributed by atoms with E-state index >= 15 is 0 Å². The van der Waals surface area contributed by atoms with Crippen molar-refractivity contribution in [1.29, 1.82) is 0 Å². The normalized spacial score (nSPS) is 9.43. The molecule has 5 rings (SSSR count). The molecule has 10 heteroatoms. The summed E-state index contributed by atoms with van der Waals surface area (Å²) in [6.45, 7) is 19.9. The lowest BCUT2D eigenvalue weighted by Crippen LogP contribution is -1.70. The first-order chi connectivity index (χ1) is 16.5. The molecule has 5 N–H and O–H groups in total. The molecule has 5 aromatic heterocycles. The Balaban J connectivity index is 0.000000219. The predicted molar refractivity (Wildman–Crippen MR) is 140 cm³/mol. The number of nitrogens with zero attached hydrogens (tertiary/aromatic N) is 5. The number of aryl methyl sites for hydroxylation is 10. The van der Waals surface area contributed by atoms with Gasteiger partial charge in [-0.1, -0.05) is 0 Å². The molecule has 5 heterocycles. The summed E-state index contributed by atoms with van der Waals surface area (Å²) in [5, 5.41) is 19.9. The Morgan fingerprint density at radius 2 is 0.943 bits per heavy atom. The van der Waals surface area contributed by atoms with Gasteiger partial charge in [-0.05, 0) is 86.4 Å². The van der Waals surface area contributed by atoms with E-state index in [-0.39, 0.29) is 0 Å². The third-order valence-corrected chi connectivity index (χ3v) is 4.66. The second kappa shape index (κ2) is 15.0. The standard InChI is InChI=1S/5C5H8N2/c2*1-4-3-6-5(2)7-4;2*1-4-3-6-7-5(4)2;1-4-3-5(2)7-6-4/h5*3H,1-2H3,(H,6,7). The molecule has 0 amide bonds. The lowest BCUT2D eigenvalue weighted by Gasteiger charge is -1.78. The number of H-pyrrole nitrogens is 5. The summed E-state index contributed by atoms with van der Waals surface area (Å²) in [5.41, 5.74) is 9.17. The van der Waals surface area contributed by atoms with Crippen molar-refractivity contribution in [2.45, 2.75) is 69.2 Å². The maximum absolute atomic E-state index is 3.96. The maximum Gasteiger partial charge on any atom is 0.103 e. The highest BCUT2D eigenvalue weighted by atomic mass is 15.1. The molecule has 5 aromatic rings. The van der Waals surface area contributed by atoms with Gasteiger partial charge in [-0.15, -0.1) is 0 Å². The first-order valence-corrected chi connectivity index (χ1v) is 11.4. The van der Waals surface area contributed by atoms with Gasteiger partial charge in [0.2, 0.25) is 0 Å². The van der Waals surface area contributed by atoms with Crippen molar-refractivity contribution in [2.24, 2.45) is 0 Å². The summed E-state index contributed by atoms with van der Waals surface area (Å²) in [4.78, 5) is 14.0. The minimum absolute atomic E-state index is 0.984. The summed E-state index contributed by atoms with van der Waals surface area (Å²) in [6.07, 6.45) is 7.26. The smallest absolute Gasteiger partial charge is 0.103 e. The fraction of sp³-hybridized carbons (Fsp3) is 0.400. The zero-order chi connectivity index (χ0) is 26.4. The van der Waals surface area contributed by atoms with Crippen LogP contribution in [0.4, 0.5) is 0 Å². The number of imidazole rings is 2. The lowest BCUT2D eigenvalue weighted by molar-refractivity contribution is 1.02. The van der Waals surface area contributed by atoms with E-state index in [2.05, 4.69) is 50.5 Å². The van der Waals surface area contributed by atoms with Crippen molar-refractivity contribution in [3.8, 4) is 0 Å². The minimum Gasteiger partial charge on any atom is -0.346 e. The highest BCUT2D eigenvalue weighted by Gasteiger charge is 1.88. The van der Waals surface area contributed by atoms with Gasteiger partial charge in [0.15, 0.2) is 0 Å². The molecule has 35 heavy (non-hydrogen) atoms. The number of nitrogens with one attached hydrogen (secondary N) is 5. The van der Waals surface area contributed by atoms with Gasteiger partial charge in [0, 0.05) is 40.9 Å². The number of aromatic nitrogens is 10. The molecule has 10 nitrogen and oxygen atoms in total. The zero-order valence-electron chi connectivity index (χ0n) is 22.6. The van der Waals surface area contributed by atoms with Crippen LogP contribution in [0.3, 0.4) is 0 Å². The van der Waals surface area contributed by atoms with Crippen molar-refractivity contribution in [2.75, 3.05) is 0 Å². The van der Waals surface area contributed by atoms with Crippen LogP contribution >= 0.6 is 0 Å². The molecule has 0 atom stereocenters. The molecule has 0 bridgehead atoms. The fourth-order valence-electron chi connectivity index (χ4n) is 2.46. The SMILES string of the molecule is Cc1cc(C)[nH]n1.Cc1cn[nH]c1C.Cc1cn[nH]c1C.Cc1cnc(C)[nH]1.Cc1cnc(C)[nH]1. The van der Waals surface area contributed by atoms with Crippen molar-refractivity contribution in [3.05, 3.63) is 87.8 Å². The zero-order valence-corrected chi connectivity index (χ0v) is 22.6. The Kier molecular flexibility index (Phi) is 12.5. The molecule has 0 radical (unpaired) electrons. The van der Waals surface area contributed by atoms with Crippen molar-refractivity contribution in [3.63, 3.8) is 0 Å². The highest BCUT2D eigenvalue weighted by Crippen LogP contribution is 1.97. The Morgan fingerprint density at radius 3 is 1.03 bits per heavy atom. The Hall–Kier alpha value is -3.95. The van der Waals surface area contributed by atoms with E-state index in [9.17, 15) is 0 Å². The van der Waals surface area contributed by atoms with Gasteiger partial charge in [-0.2, -0.15) is 15.3 Å². The molecule has 190 valence electrons. The molecule has 0 fully saturated rings. The largest absolute Gasteiger partial charge is 0.346 e. The van der Waals surface area contributed by atoms with Gasteiger partial charge in [0.25, 0.3) is 0 Å². The van der Waals surface area contributed by atoms with E-state index < -0.39 is 0 Å². The molecule has 0 unspecified atom stereocenters. The number of hydrogen-bond donors (Lipinski definition) is 5. The van der Waals surface area contributed by atoms with Crippen LogP contribution < -0.4 is 0 Å². The number of rotatable bonds is 0. The van der Waals surface area contributed by atoms with Crippen LogP contribution in [0.1, 0.15) is 56.9 Å². The van der Waals surface area contributed by atoms with Gasteiger partial charge in [-0.25, -0.2) is 9.97 Å². The van der Waals surface area contributed by atoms with Crippen molar-refractivity contribution in [1.82, 2.24) is 50.5 Å². The molecule has 0 spiro atoms. The van der Waals surface area contributed by atoms with E-state index in [1.165, 1.54) is 11.1 Å². The number of hydrogen-bond acceptors (Lipinski definition) is 5. The molecule has 0 saturated heterocycles. The lowest BCUT2D eigenvalue weighted by atomic mass is 10.3. The third-order valence-electron chi connectivity index (χ3n) is 4.66. The second-order valence-corrected chi connectivity index (χ2v) is 8.35. The third kappa shape index (κ3) is 12.8. The molecular formula is C25H40N10. The van der Waals surface area contributed by atoms with E-state index in [4.69, 9.17) is 0 Å². The molecule has 0 aromatic carbocycles. The van der Waals surface area contributed by atoms with Gasteiger partial charge in [-0.3, -0.25) is 15.3 Å². The molecule has 0 aliphatic rings. The predicted octanol–water partition coefficient (Wildman–Crippen LogP) is 5.13. The number of aromatic amines is 5. The van der Waals surface area contributed by atoms with Crippen LogP contribution in [0.5, 0.6) is 0 Å². The topological polar surface area (TPSA) is 143 Å². The minimum atomic E-state index is 0.984. The van der Waals surface area contributed by atoms with E-state index in [1.54, 1.807) is 0 Å². The Morgan fingerprint density at radius 1 is 0.514 bits per heavy atom. The average Bonchev–Trinajstić information content (AvgIpc) is 3.61. The van der Waals surface area contributed by atoms with Gasteiger partial charge >= 0.3 is 0 Å². The van der Waals surface area contributed by atoms with Crippen LogP contribution in [0.2, 0.25) is 0 Å². The molecular weight excluding hydrogens is 440 g/mol. The quantitative estimate of drug-likeness (QED) is 0.209. The first-order valence-electron chi connectivity index (χ1n) is 11.4. The van der Waals surface area contributed by atoms with Crippen LogP contribution in [0.15, 0.2) is 30.9 Å². The van der Waals surface area contributed by atoms with Crippen LogP contribution in [-0.4, -0.2) is 50.5 Å². The average molecular weight is 481 g/mol. The monoisotopic (exact) mass is 480 g/mol. The highest BCUT2D eigenvalue weighted by molar-refractivity contribution is 5.11. The van der Waals surface area contributed by atoms with Crippen LogP contribution in [0.25, 0.3) is 0 Å². The van der Waals surface area contributed by atoms with E-state index in [1.807, 2.05) is 100 Å². The second-order valence-electron chi connectivity index (χ2n) is 8.35. The summed E-state index contributed by atoms with van der Waals surface area (Å²) < 4.78 is 0. The summed E-state index contributed by atoms with van der Waals surface area (Å²) >= 11 is 0. The van der Waals surface area contributed by atoms with Gasteiger partial charge in [0.1, 0.15) is 11.6 Å². The van der Waals surface area contributed by atoms with E-state index in [0.717, 1.165) is 45.8 Å². The Labute approximate surface area is 207 Å². The summed E-state index contributed by atoms with van der Waals surface area (Å²) in [7, 11) is 0. The van der Waals surface area contributed by atoms with Gasteiger partial charge < -0.3 is 9.97 Å². The Bertz CT molecular complexity index is 1010. The van der Waals surface area contributed by atoms with Crippen molar-refractivity contribution >= 4 is 0 Å². The summed E-state index contributed by atoms with van der Waals surface area (Å²) in [5.74, 6) is 1.97.